The second-order valence-corrected chi connectivity index (χ2v) is 12.6. The van der Waals surface area contributed by atoms with E-state index >= 15 is 0 Å². The van der Waals surface area contributed by atoms with Crippen molar-refractivity contribution in [1.29, 1.82) is 0 Å². The van der Waals surface area contributed by atoms with E-state index in [1.54, 1.807) is 37.8 Å². The SMILES string of the molecule is CCC(C)N(C(=O)C(Cc1ccc(O)cc1)NC(=O)OC(C)(C)C)C(C(=O)NC(C)(C)C)c1cc(C)ccc1C. The van der Waals surface area contributed by atoms with E-state index in [2.05, 4.69) is 10.6 Å². The number of ether oxygens (including phenoxy) is 1. The summed E-state index contributed by atoms with van der Waals surface area (Å²) >= 11 is 0. The number of aromatic hydroxyl groups is 1. The number of hydrogen-bond acceptors (Lipinski definition) is 5. The Balaban J connectivity index is 2.67. The van der Waals surface area contributed by atoms with E-state index < -0.39 is 35.2 Å². The van der Waals surface area contributed by atoms with E-state index in [9.17, 15) is 19.5 Å². The molecule has 0 saturated heterocycles. The highest BCUT2D eigenvalue weighted by molar-refractivity contribution is 5.93. The molecular weight excluding hydrogens is 506 g/mol. The third-order valence-corrected chi connectivity index (χ3v) is 6.44. The van der Waals surface area contributed by atoms with Crippen LogP contribution >= 0.6 is 0 Å². The maximum Gasteiger partial charge on any atom is 0.408 e. The van der Waals surface area contributed by atoms with E-state index in [0.29, 0.717) is 6.42 Å². The highest BCUT2D eigenvalue weighted by Crippen LogP contribution is 2.30. The van der Waals surface area contributed by atoms with Crippen molar-refractivity contribution in [3.63, 3.8) is 0 Å². The van der Waals surface area contributed by atoms with Gasteiger partial charge in [-0.05, 0) is 97.6 Å². The first kappa shape index (κ1) is 32.7. The number of benzene rings is 2. The molecule has 0 bridgehead atoms. The molecule has 0 aromatic heterocycles. The lowest BCUT2D eigenvalue weighted by atomic mass is 9.93. The summed E-state index contributed by atoms with van der Waals surface area (Å²) in [5.74, 6) is -0.597. The predicted molar refractivity (Wildman–Crippen MR) is 158 cm³/mol. The Bertz CT molecular complexity index is 1180. The van der Waals surface area contributed by atoms with Crippen LogP contribution in [0.25, 0.3) is 0 Å². The number of carbonyl (C=O) groups excluding carboxylic acids is 3. The molecule has 2 aromatic rings. The van der Waals surface area contributed by atoms with Gasteiger partial charge in [-0.1, -0.05) is 42.8 Å². The van der Waals surface area contributed by atoms with Gasteiger partial charge in [-0.3, -0.25) is 9.59 Å². The van der Waals surface area contributed by atoms with E-state index in [1.807, 2.05) is 66.7 Å². The number of amides is 3. The number of nitrogens with zero attached hydrogens (tertiary/aromatic N) is 1. The van der Waals surface area contributed by atoms with Crippen LogP contribution in [-0.2, 0) is 20.7 Å². The standard InChI is InChI=1S/C32H47N3O5/c1-11-22(4)35(27(28(37)34-31(5,6)7)25-18-20(2)12-13-21(25)3)29(38)26(33-30(39)40-32(8,9)10)19-23-14-16-24(36)17-15-23/h12-18,22,26-27,36H,11,19H2,1-10H3,(H,33,39)(H,34,37). The Morgan fingerprint density at radius 3 is 2.10 bits per heavy atom. The lowest BCUT2D eigenvalue weighted by molar-refractivity contribution is -0.145. The number of phenols is 1. The third-order valence-electron chi connectivity index (χ3n) is 6.44. The zero-order valence-corrected chi connectivity index (χ0v) is 25.7. The molecule has 0 aliphatic heterocycles. The van der Waals surface area contributed by atoms with Crippen molar-refractivity contribution in [2.75, 3.05) is 0 Å². The van der Waals surface area contributed by atoms with Gasteiger partial charge in [0, 0.05) is 18.0 Å². The Morgan fingerprint density at radius 1 is 0.975 bits per heavy atom. The predicted octanol–water partition coefficient (Wildman–Crippen LogP) is 5.73. The molecule has 0 aliphatic rings. The largest absolute Gasteiger partial charge is 0.508 e. The summed E-state index contributed by atoms with van der Waals surface area (Å²) in [6.45, 7) is 18.7. The van der Waals surface area contributed by atoms with Gasteiger partial charge in [-0.25, -0.2) is 4.79 Å². The highest BCUT2D eigenvalue weighted by atomic mass is 16.6. The van der Waals surface area contributed by atoms with Gasteiger partial charge in [-0.15, -0.1) is 0 Å². The highest BCUT2D eigenvalue weighted by Gasteiger charge is 2.40. The molecular formula is C32H47N3O5. The molecule has 3 unspecified atom stereocenters. The fourth-order valence-corrected chi connectivity index (χ4v) is 4.40. The molecule has 0 spiro atoms. The lowest BCUT2D eigenvalue weighted by Crippen LogP contribution is -2.57. The van der Waals surface area contributed by atoms with Gasteiger partial charge >= 0.3 is 6.09 Å². The smallest absolute Gasteiger partial charge is 0.408 e. The molecule has 3 atom stereocenters. The molecule has 0 heterocycles. The minimum atomic E-state index is -1.02. The van der Waals surface area contributed by atoms with Crippen LogP contribution in [0, 0.1) is 13.8 Å². The van der Waals surface area contributed by atoms with Gasteiger partial charge in [-0.2, -0.15) is 0 Å². The van der Waals surface area contributed by atoms with Crippen LogP contribution in [0.5, 0.6) is 5.75 Å². The summed E-state index contributed by atoms with van der Waals surface area (Å²) in [6, 6.07) is 10.1. The molecule has 8 heteroatoms. The number of aryl methyl sites for hydroxylation is 2. The number of rotatable bonds is 9. The number of hydrogen-bond donors (Lipinski definition) is 3. The van der Waals surface area contributed by atoms with Crippen LogP contribution in [0.15, 0.2) is 42.5 Å². The van der Waals surface area contributed by atoms with Crippen LogP contribution in [-0.4, -0.2) is 51.1 Å². The van der Waals surface area contributed by atoms with Crippen molar-refractivity contribution in [3.8, 4) is 5.75 Å². The number of phenolic OH excluding ortho intramolecular Hbond substituents is 1. The van der Waals surface area contributed by atoms with Gasteiger partial charge in [0.15, 0.2) is 0 Å². The van der Waals surface area contributed by atoms with Crippen molar-refractivity contribution >= 4 is 17.9 Å². The average molecular weight is 554 g/mol. The van der Waals surface area contributed by atoms with Gasteiger partial charge in [0.25, 0.3) is 0 Å². The third kappa shape index (κ3) is 9.57. The second kappa shape index (κ2) is 13.2. The van der Waals surface area contributed by atoms with Gasteiger partial charge < -0.3 is 25.4 Å². The van der Waals surface area contributed by atoms with E-state index in [-0.39, 0.29) is 24.1 Å². The minimum absolute atomic E-state index is 0.0989. The van der Waals surface area contributed by atoms with Crippen molar-refractivity contribution in [2.45, 2.75) is 111 Å². The van der Waals surface area contributed by atoms with Gasteiger partial charge in [0.1, 0.15) is 23.4 Å². The quantitative estimate of drug-likeness (QED) is 0.368. The van der Waals surface area contributed by atoms with Crippen molar-refractivity contribution < 1.29 is 24.2 Å². The summed E-state index contributed by atoms with van der Waals surface area (Å²) in [4.78, 5) is 43.0. The number of carbonyl (C=O) groups is 3. The maximum atomic E-state index is 14.5. The zero-order valence-electron chi connectivity index (χ0n) is 25.7. The molecule has 40 heavy (non-hydrogen) atoms. The van der Waals surface area contributed by atoms with Crippen LogP contribution in [0.2, 0.25) is 0 Å². The molecule has 0 fully saturated rings. The number of alkyl carbamates (subject to hydrolysis) is 1. The molecule has 8 nitrogen and oxygen atoms in total. The maximum absolute atomic E-state index is 14.5. The summed E-state index contributed by atoms with van der Waals surface area (Å²) < 4.78 is 5.49. The molecule has 2 aromatic carbocycles. The van der Waals surface area contributed by atoms with E-state index in [1.165, 1.54) is 12.1 Å². The van der Waals surface area contributed by atoms with Crippen LogP contribution in [0.4, 0.5) is 4.79 Å². The summed E-state index contributed by atoms with van der Waals surface area (Å²) in [5.41, 5.74) is 2.03. The first-order valence-electron chi connectivity index (χ1n) is 13.9. The fourth-order valence-electron chi connectivity index (χ4n) is 4.40. The summed E-state index contributed by atoms with van der Waals surface area (Å²) in [7, 11) is 0. The summed E-state index contributed by atoms with van der Waals surface area (Å²) in [5, 5.41) is 15.6. The van der Waals surface area contributed by atoms with Crippen molar-refractivity contribution in [2.24, 2.45) is 0 Å². The van der Waals surface area contributed by atoms with Crippen LogP contribution in [0.3, 0.4) is 0 Å². The normalized spacial score (nSPS) is 14.1. The van der Waals surface area contributed by atoms with Gasteiger partial charge in [0.2, 0.25) is 11.8 Å². The van der Waals surface area contributed by atoms with E-state index in [0.717, 1.165) is 22.3 Å². The Morgan fingerprint density at radius 2 is 1.57 bits per heavy atom. The lowest BCUT2D eigenvalue weighted by Gasteiger charge is -2.40. The van der Waals surface area contributed by atoms with Crippen LogP contribution in [0.1, 0.15) is 90.1 Å². The van der Waals surface area contributed by atoms with Crippen LogP contribution < -0.4 is 10.6 Å². The molecule has 3 amide bonds. The monoisotopic (exact) mass is 553 g/mol. The first-order chi connectivity index (χ1) is 18.4. The average Bonchev–Trinajstić information content (AvgIpc) is 2.82. The Kier molecular flexibility index (Phi) is 10.8. The molecule has 0 saturated carbocycles. The zero-order chi connectivity index (χ0) is 30.4. The van der Waals surface area contributed by atoms with E-state index in [4.69, 9.17) is 4.74 Å². The Labute approximate surface area is 239 Å². The van der Waals surface area contributed by atoms with Gasteiger partial charge in [0.05, 0.1) is 0 Å². The summed E-state index contributed by atoms with van der Waals surface area (Å²) in [6.07, 6.45) is 0.0103. The molecule has 0 aliphatic carbocycles. The Hall–Kier alpha value is -3.55. The van der Waals surface area contributed by atoms with Crippen molar-refractivity contribution in [3.05, 3.63) is 64.7 Å². The molecule has 3 N–H and O–H groups in total. The molecule has 2 rings (SSSR count). The first-order valence-corrected chi connectivity index (χ1v) is 13.9. The topological polar surface area (TPSA) is 108 Å². The fraction of sp³-hybridized carbons (Fsp3) is 0.531. The van der Waals surface area contributed by atoms with Crippen molar-refractivity contribution in [1.82, 2.24) is 15.5 Å². The minimum Gasteiger partial charge on any atom is -0.508 e. The second-order valence-electron chi connectivity index (χ2n) is 12.6. The number of nitrogens with one attached hydrogen (secondary N) is 2. The molecule has 0 radical (unpaired) electrons. The molecule has 220 valence electrons.